The van der Waals surface area contributed by atoms with Crippen molar-refractivity contribution in [2.75, 3.05) is 19.7 Å². The Morgan fingerprint density at radius 2 is 2.27 bits per heavy atom. The summed E-state index contributed by atoms with van der Waals surface area (Å²) in [5.41, 5.74) is 0.152. The molecule has 84 valence electrons. The SMILES string of the molecule is CC1(CO)CCN(Cc2nccs2)CC1. The molecule has 1 N–H and O–H groups in total. The fraction of sp³-hybridized carbons (Fsp3) is 0.727. The number of aromatic nitrogens is 1. The Morgan fingerprint density at radius 1 is 1.53 bits per heavy atom. The molecular formula is C11H18N2OS. The minimum Gasteiger partial charge on any atom is -0.396 e. The number of nitrogens with zero attached hydrogens (tertiary/aromatic N) is 2. The maximum atomic E-state index is 9.26. The summed E-state index contributed by atoms with van der Waals surface area (Å²) in [7, 11) is 0. The van der Waals surface area contributed by atoms with Gasteiger partial charge in [-0.3, -0.25) is 4.90 Å². The zero-order valence-corrected chi connectivity index (χ0v) is 9.96. The molecule has 2 rings (SSSR count). The van der Waals surface area contributed by atoms with Crippen LogP contribution in [-0.4, -0.2) is 34.7 Å². The summed E-state index contributed by atoms with van der Waals surface area (Å²) >= 11 is 1.72. The van der Waals surface area contributed by atoms with Crippen LogP contribution in [0.5, 0.6) is 0 Å². The van der Waals surface area contributed by atoms with E-state index in [0.29, 0.717) is 6.61 Å². The smallest absolute Gasteiger partial charge is 0.107 e. The fourth-order valence-corrected chi connectivity index (χ4v) is 2.59. The van der Waals surface area contributed by atoms with Crippen LogP contribution in [0.2, 0.25) is 0 Å². The molecule has 0 radical (unpaired) electrons. The highest BCUT2D eigenvalue weighted by Gasteiger charge is 2.29. The maximum absolute atomic E-state index is 9.26. The van der Waals surface area contributed by atoms with Crippen molar-refractivity contribution >= 4 is 11.3 Å². The van der Waals surface area contributed by atoms with Crippen LogP contribution in [0.1, 0.15) is 24.8 Å². The van der Waals surface area contributed by atoms with E-state index in [4.69, 9.17) is 0 Å². The number of aliphatic hydroxyl groups is 1. The summed E-state index contributed by atoms with van der Waals surface area (Å²) in [5, 5.41) is 12.5. The number of piperidine rings is 1. The van der Waals surface area contributed by atoms with Gasteiger partial charge in [0.1, 0.15) is 5.01 Å². The van der Waals surface area contributed by atoms with E-state index in [1.807, 2.05) is 11.6 Å². The van der Waals surface area contributed by atoms with E-state index in [-0.39, 0.29) is 5.41 Å². The van der Waals surface area contributed by atoms with Crippen LogP contribution >= 0.6 is 11.3 Å². The number of rotatable bonds is 3. The predicted octanol–water partition coefficient (Wildman–Crippen LogP) is 1.74. The molecule has 0 amide bonds. The van der Waals surface area contributed by atoms with Crippen molar-refractivity contribution in [3.05, 3.63) is 16.6 Å². The summed E-state index contributed by atoms with van der Waals surface area (Å²) in [6, 6.07) is 0. The molecule has 3 nitrogen and oxygen atoms in total. The van der Waals surface area contributed by atoms with E-state index in [2.05, 4.69) is 16.8 Å². The number of thiazole rings is 1. The van der Waals surface area contributed by atoms with E-state index in [1.165, 1.54) is 5.01 Å². The van der Waals surface area contributed by atoms with Crippen LogP contribution in [0.4, 0.5) is 0 Å². The highest BCUT2D eigenvalue weighted by molar-refractivity contribution is 7.09. The third-order valence-corrected chi connectivity index (χ3v) is 4.05. The topological polar surface area (TPSA) is 36.4 Å². The zero-order chi connectivity index (χ0) is 10.7. The lowest BCUT2D eigenvalue weighted by Gasteiger charge is -2.37. The summed E-state index contributed by atoms with van der Waals surface area (Å²) in [4.78, 5) is 6.72. The van der Waals surface area contributed by atoms with Crippen molar-refractivity contribution < 1.29 is 5.11 Å². The highest BCUT2D eigenvalue weighted by Crippen LogP contribution is 2.30. The quantitative estimate of drug-likeness (QED) is 0.853. The predicted molar refractivity (Wildman–Crippen MR) is 61.8 cm³/mol. The molecule has 1 aromatic heterocycles. The molecule has 0 aromatic carbocycles. The normalized spacial score (nSPS) is 21.7. The molecule has 0 unspecified atom stereocenters. The van der Waals surface area contributed by atoms with Gasteiger partial charge in [-0.05, 0) is 31.3 Å². The molecule has 0 saturated carbocycles. The fourth-order valence-electron chi connectivity index (χ4n) is 1.93. The van der Waals surface area contributed by atoms with Crippen LogP contribution in [0.3, 0.4) is 0 Å². The number of aliphatic hydroxyl groups excluding tert-OH is 1. The Bertz CT molecular complexity index is 292. The summed E-state index contributed by atoms with van der Waals surface area (Å²) in [5.74, 6) is 0. The third-order valence-electron chi connectivity index (χ3n) is 3.29. The number of hydrogen-bond donors (Lipinski definition) is 1. The molecule has 0 atom stereocenters. The number of likely N-dealkylation sites (tertiary alicyclic amines) is 1. The van der Waals surface area contributed by atoms with E-state index in [9.17, 15) is 5.11 Å². The number of hydrogen-bond acceptors (Lipinski definition) is 4. The molecule has 1 aromatic rings. The van der Waals surface area contributed by atoms with Gasteiger partial charge in [0.15, 0.2) is 0 Å². The molecule has 4 heteroatoms. The standard InChI is InChI=1S/C11H18N2OS/c1-11(9-14)2-5-13(6-3-11)8-10-12-4-7-15-10/h4,7,14H,2-3,5-6,8-9H2,1H3. The Morgan fingerprint density at radius 3 is 2.80 bits per heavy atom. The van der Waals surface area contributed by atoms with Gasteiger partial charge in [0, 0.05) is 18.2 Å². The average molecular weight is 226 g/mol. The second-order valence-corrected chi connectivity index (χ2v) is 5.65. The van der Waals surface area contributed by atoms with E-state index >= 15 is 0 Å². The molecule has 1 aliphatic heterocycles. The lowest BCUT2D eigenvalue weighted by atomic mass is 9.81. The van der Waals surface area contributed by atoms with Crippen molar-refractivity contribution in [3.8, 4) is 0 Å². The van der Waals surface area contributed by atoms with E-state index < -0.39 is 0 Å². The maximum Gasteiger partial charge on any atom is 0.107 e. The first-order valence-electron chi connectivity index (χ1n) is 5.43. The van der Waals surface area contributed by atoms with Crippen LogP contribution in [-0.2, 0) is 6.54 Å². The van der Waals surface area contributed by atoms with Gasteiger partial charge in [-0.1, -0.05) is 6.92 Å². The molecule has 0 spiro atoms. The lowest BCUT2D eigenvalue weighted by Crippen LogP contribution is -2.39. The molecule has 2 heterocycles. The Hall–Kier alpha value is -0.450. The van der Waals surface area contributed by atoms with Gasteiger partial charge < -0.3 is 5.11 Å². The lowest BCUT2D eigenvalue weighted by molar-refractivity contribution is 0.0557. The van der Waals surface area contributed by atoms with Crippen molar-refractivity contribution in [2.45, 2.75) is 26.3 Å². The molecule has 1 fully saturated rings. The molecule has 0 bridgehead atoms. The van der Waals surface area contributed by atoms with Gasteiger partial charge >= 0.3 is 0 Å². The second kappa shape index (κ2) is 4.60. The van der Waals surface area contributed by atoms with Gasteiger partial charge in [-0.2, -0.15) is 0 Å². The van der Waals surface area contributed by atoms with Gasteiger partial charge in [0.05, 0.1) is 6.54 Å². The molecular weight excluding hydrogens is 208 g/mol. The first-order valence-corrected chi connectivity index (χ1v) is 6.31. The van der Waals surface area contributed by atoms with Crippen LogP contribution in [0, 0.1) is 5.41 Å². The van der Waals surface area contributed by atoms with Gasteiger partial charge in [-0.25, -0.2) is 4.98 Å². The Kier molecular flexibility index (Phi) is 3.38. The molecule has 1 saturated heterocycles. The van der Waals surface area contributed by atoms with E-state index in [0.717, 1.165) is 32.5 Å². The van der Waals surface area contributed by atoms with Crippen LogP contribution in [0.25, 0.3) is 0 Å². The van der Waals surface area contributed by atoms with Crippen molar-refractivity contribution in [2.24, 2.45) is 5.41 Å². The molecule has 15 heavy (non-hydrogen) atoms. The van der Waals surface area contributed by atoms with Gasteiger partial charge in [-0.15, -0.1) is 11.3 Å². The Labute approximate surface area is 94.8 Å². The molecule has 1 aliphatic rings. The summed E-state index contributed by atoms with van der Waals surface area (Å²) in [6.45, 7) is 5.62. The van der Waals surface area contributed by atoms with Gasteiger partial charge in [0.25, 0.3) is 0 Å². The van der Waals surface area contributed by atoms with Crippen LogP contribution < -0.4 is 0 Å². The first kappa shape index (κ1) is 11.0. The second-order valence-electron chi connectivity index (χ2n) is 4.67. The minimum absolute atomic E-state index is 0.152. The van der Waals surface area contributed by atoms with Gasteiger partial charge in [0.2, 0.25) is 0 Å². The largest absolute Gasteiger partial charge is 0.396 e. The minimum atomic E-state index is 0.152. The third kappa shape index (κ3) is 2.77. The highest BCUT2D eigenvalue weighted by atomic mass is 32.1. The van der Waals surface area contributed by atoms with E-state index in [1.54, 1.807) is 11.3 Å². The first-order chi connectivity index (χ1) is 7.22. The Balaban J connectivity index is 1.84. The summed E-state index contributed by atoms with van der Waals surface area (Å²) in [6.07, 6.45) is 4.05. The monoisotopic (exact) mass is 226 g/mol. The van der Waals surface area contributed by atoms with Crippen LogP contribution in [0.15, 0.2) is 11.6 Å². The van der Waals surface area contributed by atoms with Crippen molar-refractivity contribution in [3.63, 3.8) is 0 Å². The van der Waals surface area contributed by atoms with Crippen molar-refractivity contribution in [1.82, 2.24) is 9.88 Å². The molecule has 0 aliphatic carbocycles. The van der Waals surface area contributed by atoms with Crippen molar-refractivity contribution in [1.29, 1.82) is 0 Å². The average Bonchev–Trinajstić information content (AvgIpc) is 2.75. The summed E-state index contributed by atoms with van der Waals surface area (Å²) < 4.78 is 0. The zero-order valence-electron chi connectivity index (χ0n) is 9.15.